The van der Waals surface area contributed by atoms with Crippen molar-refractivity contribution in [2.45, 2.75) is 24.7 Å². The molecule has 5 nitrogen and oxygen atoms in total. The van der Waals surface area contributed by atoms with E-state index in [1.807, 2.05) is 0 Å². The highest BCUT2D eigenvalue weighted by Gasteiger charge is 2.43. The lowest BCUT2D eigenvalue weighted by Crippen LogP contribution is -2.31. The van der Waals surface area contributed by atoms with Crippen molar-refractivity contribution in [2.75, 3.05) is 6.61 Å². The number of halogens is 1. The lowest BCUT2D eigenvalue weighted by Gasteiger charge is -2.12. The molecule has 0 bridgehead atoms. The molecule has 4 atom stereocenters. The molecule has 0 spiro atoms. The van der Waals surface area contributed by atoms with Gasteiger partial charge in [0.15, 0.2) is 12.5 Å². The number of aliphatic hydroxyl groups is 2. The third-order valence-electron chi connectivity index (χ3n) is 2.68. The molecule has 1 fully saturated rings. The van der Waals surface area contributed by atoms with Gasteiger partial charge < -0.3 is 19.7 Å². The van der Waals surface area contributed by atoms with E-state index in [1.165, 1.54) is 0 Å². The van der Waals surface area contributed by atoms with Crippen LogP contribution in [0.4, 0.5) is 4.39 Å². The van der Waals surface area contributed by atoms with Crippen LogP contribution in [-0.4, -0.2) is 47.5 Å². The average molecular weight is 256 g/mol. The topological polar surface area (TPSA) is 76.0 Å². The fourth-order valence-corrected chi connectivity index (χ4v) is 1.66. The number of ether oxygens (including phenoxy) is 2. The Morgan fingerprint density at radius 3 is 2.56 bits per heavy atom. The van der Waals surface area contributed by atoms with Gasteiger partial charge in [0.1, 0.15) is 18.8 Å². The number of rotatable bonds is 3. The highest BCUT2D eigenvalue weighted by atomic mass is 19.1. The first-order valence-corrected chi connectivity index (χ1v) is 5.47. The normalized spacial score (nSPS) is 31.3. The number of aliphatic hydroxyl groups excluding tert-OH is 2. The zero-order chi connectivity index (χ0) is 13.1. The van der Waals surface area contributed by atoms with Crippen LogP contribution in [0, 0.1) is 0 Å². The van der Waals surface area contributed by atoms with Crippen molar-refractivity contribution in [3.63, 3.8) is 0 Å². The lowest BCUT2D eigenvalue weighted by molar-refractivity contribution is -0.133. The summed E-state index contributed by atoms with van der Waals surface area (Å²) in [6.45, 7) is -0.358. The second kappa shape index (κ2) is 5.43. The second-order valence-corrected chi connectivity index (χ2v) is 3.96. The summed E-state index contributed by atoms with van der Waals surface area (Å²) in [4.78, 5) is 11.5. The van der Waals surface area contributed by atoms with Gasteiger partial charge in [-0.3, -0.25) is 0 Å². The van der Waals surface area contributed by atoms with E-state index in [2.05, 4.69) is 0 Å². The van der Waals surface area contributed by atoms with Crippen molar-refractivity contribution in [3.05, 3.63) is 35.9 Å². The van der Waals surface area contributed by atoms with Gasteiger partial charge in [-0.05, 0) is 12.1 Å². The summed E-state index contributed by atoms with van der Waals surface area (Å²) < 4.78 is 22.9. The molecule has 2 rings (SSSR count). The van der Waals surface area contributed by atoms with E-state index >= 15 is 0 Å². The van der Waals surface area contributed by atoms with E-state index in [0.717, 1.165) is 0 Å². The van der Waals surface area contributed by atoms with Crippen LogP contribution in [0.25, 0.3) is 0 Å². The van der Waals surface area contributed by atoms with Crippen LogP contribution in [0.5, 0.6) is 0 Å². The van der Waals surface area contributed by atoms with Gasteiger partial charge in [0, 0.05) is 0 Å². The Morgan fingerprint density at radius 2 is 2.00 bits per heavy atom. The Bertz CT molecular complexity index is 410. The number of hydrogen-bond acceptors (Lipinski definition) is 5. The van der Waals surface area contributed by atoms with Crippen LogP contribution in [0.1, 0.15) is 10.4 Å². The summed E-state index contributed by atoms with van der Waals surface area (Å²) in [6.07, 6.45) is -6.11. The maximum Gasteiger partial charge on any atom is 0.338 e. The van der Waals surface area contributed by atoms with Crippen LogP contribution < -0.4 is 0 Å². The third kappa shape index (κ3) is 2.66. The number of benzene rings is 1. The first-order valence-electron chi connectivity index (χ1n) is 5.47. The summed E-state index contributed by atoms with van der Waals surface area (Å²) in [5, 5.41) is 18.2. The molecule has 1 aliphatic rings. The molecular formula is C12H13FO5. The van der Waals surface area contributed by atoms with Crippen LogP contribution >= 0.6 is 0 Å². The van der Waals surface area contributed by atoms with Gasteiger partial charge in [0.2, 0.25) is 0 Å². The van der Waals surface area contributed by atoms with Gasteiger partial charge in [-0.2, -0.15) is 0 Å². The molecule has 1 aromatic rings. The minimum Gasteiger partial charge on any atom is -0.459 e. The van der Waals surface area contributed by atoms with E-state index in [9.17, 15) is 9.18 Å². The summed E-state index contributed by atoms with van der Waals surface area (Å²) >= 11 is 0. The quantitative estimate of drug-likeness (QED) is 0.759. The average Bonchev–Trinajstić information content (AvgIpc) is 2.64. The van der Waals surface area contributed by atoms with Crippen molar-refractivity contribution < 1.29 is 28.9 Å². The molecule has 2 N–H and O–H groups in total. The number of alkyl halides is 1. The van der Waals surface area contributed by atoms with Gasteiger partial charge in [-0.15, -0.1) is 0 Å². The van der Waals surface area contributed by atoms with Crippen LogP contribution in [0.2, 0.25) is 0 Å². The van der Waals surface area contributed by atoms with Crippen molar-refractivity contribution >= 4 is 5.97 Å². The molecule has 0 radical (unpaired) electrons. The fraction of sp³-hybridized carbons (Fsp3) is 0.417. The molecule has 1 aromatic carbocycles. The molecule has 98 valence electrons. The van der Waals surface area contributed by atoms with Gasteiger partial charge >= 0.3 is 5.97 Å². The Hall–Kier alpha value is -1.50. The molecule has 1 aliphatic heterocycles. The monoisotopic (exact) mass is 256 g/mol. The van der Waals surface area contributed by atoms with E-state index in [1.54, 1.807) is 30.3 Å². The van der Waals surface area contributed by atoms with E-state index < -0.39 is 30.6 Å². The summed E-state index contributed by atoms with van der Waals surface area (Å²) in [5.41, 5.74) is 0.340. The molecule has 1 unspecified atom stereocenters. The maximum atomic E-state index is 13.4. The van der Waals surface area contributed by atoms with Crippen molar-refractivity contribution in [1.82, 2.24) is 0 Å². The smallest absolute Gasteiger partial charge is 0.338 e. The first kappa shape index (κ1) is 12.9. The second-order valence-electron chi connectivity index (χ2n) is 3.96. The van der Waals surface area contributed by atoms with E-state index in [-0.39, 0.29) is 6.61 Å². The SMILES string of the molecule is O=C(OC[C@H]1OC(O)[C@H](O)[C@H]1F)c1ccccc1. The zero-order valence-corrected chi connectivity index (χ0v) is 9.40. The highest BCUT2D eigenvalue weighted by molar-refractivity contribution is 5.89. The molecule has 0 aromatic heterocycles. The Morgan fingerprint density at radius 1 is 1.33 bits per heavy atom. The minimum absolute atomic E-state index is 0.340. The first-order chi connectivity index (χ1) is 8.59. The molecule has 0 saturated carbocycles. The van der Waals surface area contributed by atoms with Gasteiger partial charge in [0.25, 0.3) is 0 Å². The van der Waals surface area contributed by atoms with Crippen LogP contribution in [0.3, 0.4) is 0 Å². The fourth-order valence-electron chi connectivity index (χ4n) is 1.66. The molecule has 0 amide bonds. The van der Waals surface area contributed by atoms with Crippen molar-refractivity contribution in [2.24, 2.45) is 0 Å². The standard InChI is InChI=1S/C12H13FO5/c13-9-8(18-12(16)10(9)14)6-17-11(15)7-4-2-1-3-5-7/h1-5,8-10,12,14,16H,6H2/t8-,9+,10-,12?/m1/s1. The molecular weight excluding hydrogens is 243 g/mol. The Balaban J connectivity index is 1.88. The summed E-state index contributed by atoms with van der Waals surface area (Å²) in [5.74, 6) is -0.609. The number of esters is 1. The molecule has 1 heterocycles. The molecule has 0 aliphatic carbocycles. The Kier molecular flexibility index (Phi) is 3.90. The van der Waals surface area contributed by atoms with E-state index in [0.29, 0.717) is 5.56 Å². The van der Waals surface area contributed by atoms with Gasteiger partial charge in [0.05, 0.1) is 5.56 Å². The maximum absolute atomic E-state index is 13.4. The van der Waals surface area contributed by atoms with Crippen molar-refractivity contribution in [1.29, 1.82) is 0 Å². The predicted octanol–water partition coefficient (Wildman–Crippen LogP) is 0.260. The molecule has 18 heavy (non-hydrogen) atoms. The van der Waals surface area contributed by atoms with Gasteiger partial charge in [-0.25, -0.2) is 9.18 Å². The minimum atomic E-state index is -1.77. The third-order valence-corrected chi connectivity index (χ3v) is 2.68. The lowest BCUT2D eigenvalue weighted by atomic mass is 10.2. The predicted molar refractivity (Wildman–Crippen MR) is 58.5 cm³/mol. The number of carbonyl (C=O) groups excluding carboxylic acids is 1. The molecule has 1 saturated heterocycles. The number of hydrogen-bond donors (Lipinski definition) is 2. The largest absolute Gasteiger partial charge is 0.459 e. The number of carbonyl (C=O) groups is 1. The van der Waals surface area contributed by atoms with Crippen LogP contribution in [0.15, 0.2) is 30.3 Å². The Labute approximate surface area is 103 Å². The summed E-state index contributed by atoms with van der Waals surface area (Å²) in [6, 6.07) is 8.23. The van der Waals surface area contributed by atoms with Gasteiger partial charge in [-0.1, -0.05) is 18.2 Å². The van der Waals surface area contributed by atoms with Crippen molar-refractivity contribution in [3.8, 4) is 0 Å². The molecule has 6 heteroatoms. The van der Waals surface area contributed by atoms with Crippen LogP contribution in [-0.2, 0) is 9.47 Å². The highest BCUT2D eigenvalue weighted by Crippen LogP contribution is 2.22. The zero-order valence-electron chi connectivity index (χ0n) is 9.40. The van der Waals surface area contributed by atoms with E-state index in [4.69, 9.17) is 19.7 Å². The summed E-state index contributed by atoms with van der Waals surface area (Å²) in [7, 11) is 0.